The van der Waals surface area contributed by atoms with Gasteiger partial charge in [0.15, 0.2) is 0 Å². The fourth-order valence-corrected chi connectivity index (χ4v) is 1.78. The molecule has 0 aliphatic heterocycles. The summed E-state index contributed by atoms with van der Waals surface area (Å²) in [6.07, 6.45) is 6.56. The molecule has 0 spiro atoms. The van der Waals surface area contributed by atoms with Crippen molar-refractivity contribution >= 4 is 18.6 Å². The van der Waals surface area contributed by atoms with Crippen molar-refractivity contribution in [1.82, 2.24) is 0 Å². The lowest BCUT2D eigenvalue weighted by Gasteiger charge is -2.27. The van der Waals surface area contributed by atoms with Crippen LogP contribution in [0.4, 0.5) is 0 Å². The molecule has 0 aliphatic rings. The highest BCUT2D eigenvalue weighted by molar-refractivity contribution is 7.81. The molecule has 0 saturated heterocycles. The van der Waals surface area contributed by atoms with Crippen LogP contribution < -0.4 is 5.73 Å². The minimum atomic E-state index is -0.971. The molecule has 0 aromatic rings. The maximum absolute atomic E-state index is 10.7. The monoisotopic (exact) mass is 233 g/mol. The molecule has 0 aliphatic carbocycles. The molecular weight excluding hydrogens is 210 g/mol. The number of carbonyl (C=O) groups is 1. The molecule has 2 unspecified atom stereocenters. The Labute approximate surface area is 97.8 Å². The molecular formula is C11H23NO2S. The van der Waals surface area contributed by atoms with E-state index in [0.29, 0.717) is 0 Å². The maximum atomic E-state index is 10.7. The number of unbranched alkanes of at least 4 members (excludes halogenated alkanes) is 4. The first kappa shape index (κ1) is 14.8. The Bertz CT molecular complexity index is 195. The van der Waals surface area contributed by atoms with Crippen molar-refractivity contribution in [3.05, 3.63) is 0 Å². The van der Waals surface area contributed by atoms with Gasteiger partial charge in [0.25, 0.3) is 0 Å². The van der Waals surface area contributed by atoms with Crippen molar-refractivity contribution in [1.29, 1.82) is 0 Å². The molecule has 0 saturated carbocycles. The Balaban J connectivity index is 3.78. The van der Waals surface area contributed by atoms with Crippen molar-refractivity contribution < 1.29 is 9.90 Å². The second kappa shape index (κ2) is 7.12. The molecule has 0 fully saturated rings. The standard InChI is InChI=1S/C11H23NO2S/c1-3-4-5-6-7-8-11(2,15)9(12)10(13)14/h9,15H,3-8,12H2,1-2H3,(H,13,14). The predicted molar refractivity (Wildman–Crippen MR) is 66.4 cm³/mol. The van der Waals surface area contributed by atoms with Crippen LogP contribution in [-0.4, -0.2) is 21.9 Å². The van der Waals surface area contributed by atoms with Gasteiger partial charge in [-0.15, -0.1) is 0 Å². The van der Waals surface area contributed by atoms with Gasteiger partial charge in [-0.25, -0.2) is 0 Å². The molecule has 0 bridgehead atoms. The smallest absolute Gasteiger partial charge is 0.321 e. The molecule has 2 atom stereocenters. The van der Waals surface area contributed by atoms with Crippen LogP contribution in [0, 0.1) is 0 Å². The molecule has 90 valence electrons. The van der Waals surface area contributed by atoms with Crippen LogP contribution in [-0.2, 0) is 4.79 Å². The fourth-order valence-electron chi connectivity index (χ4n) is 1.51. The quantitative estimate of drug-likeness (QED) is 0.446. The van der Waals surface area contributed by atoms with Crippen molar-refractivity contribution in [2.75, 3.05) is 0 Å². The highest BCUT2D eigenvalue weighted by Gasteiger charge is 2.32. The topological polar surface area (TPSA) is 63.3 Å². The summed E-state index contributed by atoms with van der Waals surface area (Å²) in [5.74, 6) is -0.971. The van der Waals surface area contributed by atoms with Crippen LogP contribution in [0.5, 0.6) is 0 Å². The molecule has 0 amide bonds. The van der Waals surface area contributed by atoms with Crippen LogP contribution >= 0.6 is 12.6 Å². The Morgan fingerprint density at radius 3 is 2.40 bits per heavy atom. The number of nitrogens with two attached hydrogens (primary N) is 1. The molecule has 3 nitrogen and oxygen atoms in total. The van der Waals surface area contributed by atoms with Crippen molar-refractivity contribution in [3.8, 4) is 0 Å². The number of hydrogen-bond acceptors (Lipinski definition) is 3. The Morgan fingerprint density at radius 2 is 1.93 bits per heavy atom. The lowest BCUT2D eigenvalue weighted by Crippen LogP contribution is -2.47. The van der Waals surface area contributed by atoms with E-state index >= 15 is 0 Å². The average molecular weight is 233 g/mol. The van der Waals surface area contributed by atoms with Crippen molar-refractivity contribution in [2.45, 2.75) is 63.2 Å². The van der Waals surface area contributed by atoms with E-state index in [1.54, 1.807) is 6.92 Å². The van der Waals surface area contributed by atoms with E-state index < -0.39 is 16.8 Å². The molecule has 0 aromatic heterocycles. The van der Waals surface area contributed by atoms with E-state index in [4.69, 9.17) is 10.8 Å². The largest absolute Gasteiger partial charge is 0.480 e. The average Bonchev–Trinajstić information content (AvgIpc) is 2.16. The van der Waals surface area contributed by atoms with Crippen LogP contribution in [0.1, 0.15) is 52.4 Å². The molecule has 4 heteroatoms. The number of carboxylic acid groups (broad SMARTS) is 1. The summed E-state index contributed by atoms with van der Waals surface area (Å²) < 4.78 is -0.599. The van der Waals surface area contributed by atoms with Gasteiger partial charge in [0.05, 0.1) is 0 Å². The van der Waals surface area contributed by atoms with Gasteiger partial charge in [0.2, 0.25) is 0 Å². The van der Waals surface area contributed by atoms with Crippen LogP contribution in [0.15, 0.2) is 0 Å². The molecule has 0 rings (SSSR count). The van der Waals surface area contributed by atoms with Crippen molar-refractivity contribution in [2.24, 2.45) is 5.73 Å². The molecule has 15 heavy (non-hydrogen) atoms. The number of rotatable bonds is 8. The highest BCUT2D eigenvalue weighted by Crippen LogP contribution is 2.25. The Hall–Kier alpha value is -0.220. The van der Waals surface area contributed by atoms with Crippen LogP contribution in [0.2, 0.25) is 0 Å². The van der Waals surface area contributed by atoms with E-state index in [1.807, 2.05) is 0 Å². The summed E-state index contributed by atoms with van der Waals surface area (Å²) in [7, 11) is 0. The zero-order valence-corrected chi connectivity index (χ0v) is 10.6. The van der Waals surface area contributed by atoms with Crippen molar-refractivity contribution in [3.63, 3.8) is 0 Å². The predicted octanol–water partition coefficient (Wildman–Crippen LogP) is 2.45. The van der Waals surface area contributed by atoms with Gasteiger partial charge in [-0.3, -0.25) is 4.79 Å². The normalized spacial score (nSPS) is 17.1. The summed E-state index contributed by atoms with van der Waals surface area (Å²) in [5, 5.41) is 8.78. The third-order valence-corrected chi connectivity index (χ3v) is 3.22. The third kappa shape index (κ3) is 6.05. The summed E-state index contributed by atoms with van der Waals surface area (Å²) in [6.45, 7) is 3.97. The zero-order valence-electron chi connectivity index (χ0n) is 9.70. The first-order chi connectivity index (χ1) is 6.91. The fraction of sp³-hybridized carbons (Fsp3) is 0.909. The van der Waals surface area contributed by atoms with Gasteiger partial charge in [-0.1, -0.05) is 39.0 Å². The van der Waals surface area contributed by atoms with Crippen LogP contribution in [0.3, 0.4) is 0 Å². The summed E-state index contributed by atoms with van der Waals surface area (Å²) >= 11 is 4.34. The van der Waals surface area contributed by atoms with Gasteiger partial charge in [-0.2, -0.15) is 12.6 Å². The summed E-state index contributed by atoms with van der Waals surface area (Å²) in [4.78, 5) is 10.7. The second-order valence-electron chi connectivity index (χ2n) is 4.34. The summed E-state index contributed by atoms with van der Waals surface area (Å²) in [6, 6.07) is -0.882. The zero-order chi connectivity index (χ0) is 11.9. The van der Waals surface area contributed by atoms with E-state index in [0.717, 1.165) is 19.3 Å². The number of hydrogen-bond donors (Lipinski definition) is 3. The van der Waals surface area contributed by atoms with E-state index in [9.17, 15) is 4.79 Å². The minimum Gasteiger partial charge on any atom is -0.480 e. The SMILES string of the molecule is CCCCCCCC(C)(S)C(N)C(=O)O. The van der Waals surface area contributed by atoms with Gasteiger partial charge in [0.1, 0.15) is 6.04 Å². The number of thiol groups is 1. The Kier molecular flexibility index (Phi) is 7.02. The lowest BCUT2D eigenvalue weighted by atomic mass is 9.94. The summed E-state index contributed by atoms with van der Waals surface area (Å²) in [5.41, 5.74) is 5.56. The molecule has 0 radical (unpaired) electrons. The number of aliphatic carboxylic acids is 1. The van der Waals surface area contributed by atoms with E-state index in [-0.39, 0.29) is 0 Å². The van der Waals surface area contributed by atoms with Gasteiger partial charge >= 0.3 is 5.97 Å². The Morgan fingerprint density at radius 1 is 1.40 bits per heavy atom. The molecule has 0 heterocycles. The third-order valence-electron chi connectivity index (χ3n) is 2.72. The molecule has 0 aromatic carbocycles. The first-order valence-corrected chi connectivity index (χ1v) is 6.07. The number of carboxylic acids is 1. The van der Waals surface area contributed by atoms with E-state index in [2.05, 4.69) is 19.6 Å². The minimum absolute atomic E-state index is 0.599. The first-order valence-electron chi connectivity index (χ1n) is 5.62. The van der Waals surface area contributed by atoms with E-state index in [1.165, 1.54) is 19.3 Å². The highest BCUT2D eigenvalue weighted by atomic mass is 32.1. The van der Waals surface area contributed by atoms with Gasteiger partial charge < -0.3 is 10.8 Å². The second-order valence-corrected chi connectivity index (χ2v) is 5.36. The van der Waals surface area contributed by atoms with Gasteiger partial charge in [-0.05, 0) is 13.3 Å². The maximum Gasteiger partial charge on any atom is 0.321 e. The lowest BCUT2D eigenvalue weighted by molar-refractivity contribution is -0.139. The molecule has 3 N–H and O–H groups in total. The van der Waals surface area contributed by atoms with Gasteiger partial charge in [0, 0.05) is 4.75 Å². The van der Waals surface area contributed by atoms with Crippen LogP contribution in [0.25, 0.3) is 0 Å².